The minimum atomic E-state index is -0.728. The molecule has 0 saturated heterocycles. The molecule has 5 aromatic rings. The van der Waals surface area contributed by atoms with Crippen molar-refractivity contribution >= 4 is 42.4 Å². The standard InChI is InChI=1S/C38H34P2/c1-2-30-18-17-28-35(30)38(40(33-23-11-5-12-24-33)34-25-13-6-14-26-34)36-27-15-16-29-37(36)39(31-19-7-3-8-20-31)32-21-9-4-10-22-32/h3-29,35,38H,2H2,1H3/t35?,38-/m1/s1. The minimum absolute atomic E-state index is 0.318. The van der Waals surface area contributed by atoms with Crippen LogP contribution in [-0.2, 0) is 0 Å². The molecule has 0 bridgehead atoms. The molecule has 40 heavy (non-hydrogen) atoms. The van der Waals surface area contributed by atoms with Crippen LogP contribution >= 0.6 is 15.8 Å². The minimum Gasteiger partial charge on any atom is -0.0763 e. The van der Waals surface area contributed by atoms with E-state index < -0.39 is 15.8 Å². The topological polar surface area (TPSA) is 0 Å². The summed E-state index contributed by atoms with van der Waals surface area (Å²) in [5, 5.41) is 7.12. The van der Waals surface area contributed by atoms with E-state index in [-0.39, 0.29) is 0 Å². The Morgan fingerprint density at radius 1 is 0.550 bits per heavy atom. The highest BCUT2D eigenvalue weighted by Crippen LogP contribution is 2.57. The van der Waals surface area contributed by atoms with Crippen LogP contribution in [0.3, 0.4) is 0 Å². The molecule has 6 rings (SSSR count). The van der Waals surface area contributed by atoms with Gasteiger partial charge in [0, 0.05) is 11.6 Å². The van der Waals surface area contributed by atoms with E-state index in [1.54, 1.807) is 0 Å². The van der Waals surface area contributed by atoms with Crippen molar-refractivity contribution in [1.29, 1.82) is 0 Å². The van der Waals surface area contributed by atoms with Crippen LogP contribution in [0.15, 0.2) is 169 Å². The van der Waals surface area contributed by atoms with E-state index in [0.717, 1.165) is 6.42 Å². The number of rotatable bonds is 9. The largest absolute Gasteiger partial charge is 0.0763 e. The molecule has 0 aromatic heterocycles. The van der Waals surface area contributed by atoms with Gasteiger partial charge >= 0.3 is 0 Å². The second-order valence-electron chi connectivity index (χ2n) is 10.1. The summed E-state index contributed by atoms with van der Waals surface area (Å²) in [5.41, 5.74) is 3.33. The van der Waals surface area contributed by atoms with Crippen molar-refractivity contribution in [3.63, 3.8) is 0 Å². The van der Waals surface area contributed by atoms with Crippen LogP contribution in [0.5, 0.6) is 0 Å². The molecular weight excluding hydrogens is 518 g/mol. The number of hydrogen-bond donors (Lipinski definition) is 0. The van der Waals surface area contributed by atoms with E-state index in [1.807, 2.05) is 0 Å². The van der Waals surface area contributed by atoms with Crippen molar-refractivity contribution < 1.29 is 0 Å². The summed E-state index contributed by atoms with van der Waals surface area (Å²) in [5.74, 6) is 0.362. The van der Waals surface area contributed by atoms with E-state index in [1.165, 1.54) is 37.7 Å². The fourth-order valence-corrected chi connectivity index (χ4v) is 11.5. The Labute approximate surface area is 241 Å². The first-order valence-corrected chi connectivity index (χ1v) is 16.9. The second-order valence-corrected chi connectivity index (χ2v) is 14.6. The highest BCUT2D eigenvalue weighted by molar-refractivity contribution is 7.80. The first-order valence-electron chi connectivity index (χ1n) is 14.1. The normalized spacial score (nSPS) is 15.4. The van der Waals surface area contributed by atoms with Gasteiger partial charge in [-0.2, -0.15) is 0 Å². The van der Waals surface area contributed by atoms with E-state index in [9.17, 15) is 0 Å². The van der Waals surface area contributed by atoms with Crippen LogP contribution in [0.25, 0.3) is 0 Å². The Morgan fingerprint density at radius 3 is 1.50 bits per heavy atom. The summed E-state index contributed by atoms with van der Waals surface area (Å²) < 4.78 is 0. The summed E-state index contributed by atoms with van der Waals surface area (Å²) in [6, 6.07) is 54.1. The van der Waals surface area contributed by atoms with Crippen molar-refractivity contribution in [3.8, 4) is 0 Å². The van der Waals surface area contributed by atoms with Gasteiger partial charge in [-0.15, -0.1) is 0 Å². The lowest BCUT2D eigenvalue weighted by molar-refractivity contribution is 0.715. The lowest BCUT2D eigenvalue weighted by Crippen LogP contribution is -2.29. The first kappa shape index (κ1) is 26.7. The van der Waals surface area contributed by atoms with Gasteiger partial charge in [-0.3, -0.25) is 0 Å². The van der Waals surface area contributed by atoms with Gasteiger partial charge in [0.05, 0.1) is 0 Å². The van der Waals surface area contributed by atoms with Gasteiger partial charge in [0.15, 0.2) is 0 Å². The summed E-state index contributed by atoms with van der Waals surface area (Å²) in [7, 11) is -1.42. The third-order valence-corrected chi connectivity index (χ3v) is 13.1. The summed E-state index contributed by atoms with van der Waals surface area (Å²) >= 11 is 0. The molecule has 1 aliphatic carbocycles. The van der Waals surface area contributed by atoms with Crippen LogP contribution in [-0.4, -0.2) is 0 Å². The van der Waals surface area contributed by atoms with Crippen LogP contribution < -0.4 is 26.5 Å². The number of benzene rings is 5. The molecule has 0 fully saturated rings. The molecular formula is C38H34P2. The Balaban J connectivity index is 1.61. The molecule has 0 radical (unpaired) electrons. The van der Waals surface area contributed by atoms with Crippen LogP contribution in [0, 0.1) is 5.92 Å². The summed E-state index contributed by atoms with van der Waals surface area (Å²) in [6.07, 6.45) is 8.19. The van der Waals surface area contributed by atoms with Gasteiger partial charge in [-0.05, 0) is 54.4 Å². The lowest BCUT2D eigenvalue weighted by atomic mass is 9.92. The predicted molar refractivity (Wildman–Crippen MR) is 178 cm³/mol. The van der Waals surface area contributed by atoms with Crippen molar-refractivity contribution in [2.75, 3.05) is 0 Å². The molecule has 2 heteroatoms. The van der Waals surface area contributed by atoms with Crippen molar-refractivity contribution in [2.24, 2.45) is 5.92 Å². The molecule has 0 aliphatic heterocycles. The molecule has 1 unspecified atom stereocenters. The molecule has 0 N–H and O–H groups in total. The zero-order chi connectivity index (χ0) is 27.1. The van der Waals surface area contributed by atoms with Crippen molar-refractivity contribution in [2.45, 2.75) is 19.0 Å². The molecule has 2 atom stereocenters. The maximum atomic E-state index is 2.47. The predicted octanol–water partition coefficient (Wildman–Crippen LogP) is 8.14. The van der Waals surface area contributed by atoms with Gasteiger partial charge in [-0.25, -0.2) is 0 Å². The van der Waals surface area contributed by atoms with E-state index in [0.29, 0.717) is 11.6 Å². The fourth-order valence-electron chi connectivity index (χ4n) is 5.86. The number of hydrogen-bond acceptors (Lipinski definition) is 0. The highest BCUT2D eigenvalue weighted by atomic mass is 31.1. The average molecular weight is 553 g/mol. The molecule has 0 heterocycles. The van der Waals surface area contributed by atoms with Crippen LogP contribution in [0.2, 0.25) is 0 Å². The molecule has 0 nitrogen and oxygen atoms in total. The zero-order valence-electron chi connectivity index (χ0n) is 22.8. The zero-order valence-corrected chi connectivity index (χ0v) is 24.6. The lowest BCUT2D eigenvalue weighted by Gasteiger charge is -2.36. The maximum Gasteiger partial charge on any atom is 0.0229 e. The summed E-state index contributed by atoms with van der Waals surface area (Å²) in [6.45, 7) is 2.31. The SMILES string of the molecule is CCC1=CC=CC1[C@H](c1ccccc1P(c1ccccc1)c1ccccc1)P(c1ccccc1)c1ccccc1. The molecule has 0 spiro atoms. The Kier molecular flexibility index (Phi) is 8.49. The Morgan fingerprint density at radius 2 is 1.00 bits per heavy atom. The third-order valence-electron chi connectivity index (χ3n) is 7.68. The van der Waals surface area contributed by atoms with Crippen LogP contribution in [0.1, 0.15) is 24.6 Å². The smallest absolute Gasteiger partial charge is 0.0229 e. The van der Waals surface area contributed by atoms with Crippen molar-refractivity contribution in [1.82, 2.24) is 0 Å². The molecule has 1 aliphatic rings. The number of allylic oxidation sites excluding steroid dienone is 4. The van der Waals surface area contributed by atoms with E-state index >= 15 is 0 Å². The van der Waals surface area contributed by atoms with Gasteiger partial charge in [0.1, 0.15) is 0 Å². The van der Waals surface area contributed by atoms with Gasteiger partial charge in [0.2, 0.25) is 0 Å². The van der Waals surface area contributed by atoms with Crippen LogP contribution in [0.4, 0.5) is 0 Å². The quantitative estimate of drug-likeness (QED) is 0.162. The first-order chi connectivity index (χ1) is 19.8. The average Bonchev–Trinajstić information content (AvgIpc) is 3.51. The summed E-state index contributed by atoms with van der Waals surface area (Å²) in [4.78, 5) is 0. The third kappa shape index (κ3) is 5.53. The van der Waals surface area contributed by atoms with Gasteiger partial charge in [-0.1, -0.05) is 176 Å². The van der Waals surface area contributed by atoms with E-state index in [2.05, 4.69) is 171 Å². The molecule has 0 saturated carbocycles. The molecule has 5 aromatic carbocycles. The molecule has 196 valence electrons. The van der Waals surface area contributed by atoms with E-state index in [4.69, 9.17) is 0 Å². The monoisotopic (exact) mass is 552 g/mol. The maximum absolute atomic E-state index is 2.47. The highest BCUT2D eigenvalue weighted by Gasteiger charge is 2.37. The van der Waals surface area contributed by atoms with Crippen molar-refractivity contribution in [3.05, 3.63) is 175 Å². The Bertz CT molecular complexity index is 1500. The van der Waals surface area contributed by atoms with Gasteiger partial charge in [0.25, 0.3) is 0 Å². The second kappa shape index (κ2) is 12.7. The Hall–Kier alpha value is -3.56. The fraction of sp³-hybridized carbons (Fsp3) is 0.105. The molecule has 0 amide bonds. The van der Waals surface area contributed by atoms with Gasteiger partial charge < -0.3 is 0 Å².